The number of benzene rings is 3. The quantitative estimate of drug-likeness (QED) is 0.477. The number of hydrogen-bond donors (Lipinski definition) is 2. The van der Waals surface area contributed by atoms with Crippen LogP contribution in [0.3, 0.4) is 0 Å². The van der Waals surface area contributed by atoms with E-state index < -0.39 is 6.04 Å². The molecule has 0 aliphatic carbocycles. The minimum absolute atomic E-state index is 0.227. The van der Waals surface area contributed by atoms with Gasteiger partial charge in [-0.3, -0.25) is 14.5 Å². The summed E-state index contributed by atoms with van der Waals surface area (Å²) in [5.41, 5.74) is 3.65. The topological polar surface area (TPSA) is 70.7 Å². The Balaban J connectivity index is 1.40. The predicted octanol–water partition coefficient (Wildman–Crippen LogP) is 3.83. The fourth-order valence-electron chi connectivity index (χ4n) is 4.07. The molecular weight excluding hydrogens is 462 g/mol. The average Bonchev–Trinajstić information content (AvgIpc) is 2.89. The molecule has 1 unspecified atom stereocenters. The monoisotopic (exact) mass is 491 g/mol. The van der Waals surface area contributed by atoms with Crippen LogP contribution in [0.25, 0.3) is 0 Å². The minimum Gasteiger partial charge on any atom is -0.379 e. The lowest BCUT2D eigenvalue weighted by Gasteiger charge is -2.26. The van der Waals surface area contributed by atoms with Gasteiger partial charge in [0.2, 0.25) is 5.91 Å². The van der Waals surface area contributed by atoms with E-state index in [0.717, 1.165) is 44.0 Å². The van der Waals surface area contributed by atoms with Crippen molar-refractivity contribution in [1.29, 1.82) is 0 Å². The number of nitrogens with one attached hydrogen (secondary N) is 2. The normalized spacial score (nSPS) is 14.8. The van der Waals surface area contributed by atoms with Crippen molar-refractivity contribution in [3.8, 4) is 0 Å². The van der Waals surface area contributed by atoms with Gasteiger partial charge in [0.05, 0.1) is 13.2 Å². The van der Waals surface area contributed by atoms with Crippen molar-refractivity contribution in [2.45, 2.75) is 25.6 Å². The molecule has 182 valence electrons. The zero-order chi connectivity index (χ0) is 24.5. The van der Waals surface area contributed by atoms with Crippen molar-refractivity contribution >= 4 is 23.4 Å². The fraction of sp³-hybridized carbons (Fsp3) is 0.286. The third-order valence-electron chi connectivity index (χ3n) is 5.98. The molecule has 6 nitrogen and oxygen atoms in total. The smallest absolute Gasteiger partial charge is 0.251 e. The largest absolute Gasteiger partial charge is 0.379 e. The number of ether oxygens (including phenoxy) is 1. The highest BCUT2D eigenvalue weighted by Gasteiger charge is 2.22. The third-order valence-corrected chi connectivity index (χ3v) is 6.23. The molecule has 3 aromatic rings. The van der Waals surface area contributed by atoms with Crippen molar-refractivity contribution < 1.29 is 14.3 Å². The first-order valence-corrected chi connectivity index (χ1v) is 12.2. The van der Waals surface area contributed by atoms with Gasteiger partial charge in [-0.1, -0.05) is 66.2 Å². The lowest BCUT2D eigenvalue weighted by Crippen LogP contribution is -2.47. The van der Waals surface area contributed by atoms with Gasteiger partial charge >= 0.3 is 0 Å². The summed E-state index contributed by atoms with van der Waals surface area (Å²) in [4.78, 5) is 28.4. The molecule has 3 aromatic carbocycles. The van der Waals surface area contributed by atoms with Crippen molar-refractivity contribution in [2.24, 2.45) is 0 Å². The molecule has 1 aliphatic heterocycles. The van der Waals surface area contributed by atoms with Gasteiger partial charge in [-0.2, -0.15) is 0 Å². The molecule has 35 heavy (non-hydrogen) atoms. The Hall–Kier alpha value is -3.19. The maximum atomic E-state index is 13.2. The molecule has 0 radical (unpaired) electrons. The molecule has 1 atom stereocenters. The maximum absolute atomic E-state index is 13.2. The van der Waals surface area contributed by atoms with E-state index in [2.05, 4.69) is 27.7 Å². The predicted molar refractivity (Wildman–Crippen MR) is 137 cm³/mol. The van der Waals surface area contributed by atoms with E-state index in [1.165, 1.54) is 5.56 Å². The summed E-state index contributed by atoms with van der Waals surface area (Å²) in [6, 6.07) is 23.8. The number of hydrogen-bond acceptors (Lipinski definition) is 4. The molecule has 2 N–H and O–H groups in total. The number of carbonyl (C=O) groups is 2. The molecule has 1 saturated heterocycles. The molecule has 0 aromatic heterocycles. The number of halogens is 1. The van der Waals surface area contributed by atoms with Gasteiger partial charge in [0.25, 0.3) is 5.91 Å². The Labute approximate surface area is 211 Å². The molecule has 0 bridgehead atoms. The van der Waals surface area contributed by atoms with Crippen LogP contribution in [0.1, 0.15) is 27.0 Å². The van der Waals surface area contributed by atoms with Crippen LogP contribution < -0.4 is 10.6 Å². The molecule has 0 spiro atoms. The van der Waals surface area contributed by atoms with Crippen LogP contribution in [0.15, 0.2) is 78.9 Å². The molecule has 1 heterocycles. The second-order valence-corrected chi connectivity index (χ2v) is 9.09. The molecule has 4 rings (SSSR count). The number of carbonyl (C=O) groups excluding carboxylic acids is 2. The molecule has 7 heteroatoms. The van der Waals surface area contributed by atoms with Crippen LogP contribution in [0.4, 0.5) is 0 Å². The van der Waals surface area contributed by atoms with E-state index in [1.807, 2.05) is 42.5 Å². The van der Waals surface area contributed by atoms with Gasteiger partial charge in [-0.05, 0) is 41.0 Å². The van der Waals surface area contributed by atoms with E-state index in [-0.39, 0.29) is 11.8 Å². The maximum Gasteiger partial charge on any atom is 0.251 e. The second-order valence-electron chi connectivity index (χ2n) is 8.65. The van der Waals surface area contributed by atoms with E-state index >= 15 is 0 Å². The van der Waals surface area contributed by atoms with E-state index in [0.29, 0.717) is 23.6 Å². The van der Waals surface area contributed by atoms with Gasteiger partial charge in [0, 0.05) is 43.2 Å². The van der Waals surface area contributed by atoms with Crippen LogP contribution in [-0.4, -0.2) is 49.1 Å². The third kappa shape index (κ3) is 7.65. The van der Waals surface area contributed by atoms with Gasteiger partial charge in [-0.15, -0.1) is 0 Å². The van der Waals surface area contributed by atoms with Crippen molar-refractivity contribution in [1.82, 2.24) is 15.5 Å². The lowest BCUT2D eigenvalue weighted by atomic mass is 10.0. The van der Waals surface area contributed by atoms with Crippen molar-refractivity contribution in [3.63, 3.8) is 0 Å². The number of morpholine rings is 1. The lowest BCUT2D eigenvalue weighted by molar-refractivity contribution is -0.123. The van der Waals surface area contributed by atoms with Crippen LogP contribution in [-0.2, 0) is 29.0 Å². The van der Waals surface area contributed by atoms with Crippen LogP contribution in [0, 0.1) is 0 Å². The Kier molecular flexibility index (Phi) is 8.90. The zero-order valence-corrected chi connectivity index (χ0v) is 20.3. The van der Waals surface area contributed by atoms with Gasteiger partial charge in [0.15, 0.2) is 0 Å². The van der Waals surface area contributed by atoms with Gasteiger partial charge < -0.3 is 15.4 Å². The Morgan fingerprint density at radius 2 is 1.57 bits per heavy atom. The first-order chi connectivity index (χ1) is 17.1. The fourth-order valence-corrected chi connectivity index (χ4v) is 4.20. The Bertz CT molecular complexity index is 1120. The highest BCUT2D eigenvalue weighted by atomic mass is 35.5. The van der Waals surface area contributed by atoms with Crippen LogP contribution in [0.2, 0.25) is 5.02 Å². The summed E-state index contributed by atoms with van der Waals surface area (Å²) >= 11 is 5.94. The van der Waals surface area contributed by atoms with E-state index in [1.54, 1.807) is 24.3 Å². The summed E-state index contributed by atoms with van der Waals surface area (Å²) < 4.78 is 5.43. The molecule has 2 amide bonds. The summed E-state index contributed by atoms with van der Waals surface area (Å²) in [7, 11) is 0. The first kappa shape index (κ1) is 24.9. The standard InChI is InChI=1S/C28H30ClN3O3/c29-25-11-9-24(10-12-25)27(33)31-26(18-21-5-2-1-3-6-21)28(34)30-19-22-7-4-8-23(17-22)20-32-13-15-35-16-14-32/h1-12,17,26H,13-16,18-20H2,(H,30,34)(H,31,33). The highest BCUT2D eigenvalue weighted by Crippen LogP contribution is 2.12. The number of nitrogens with zero attached hydrogens (tertiary/aromatic N) is 1. The van der Waals surface area contributed by atoms with Crippen molar-refractivity contribution in [3.05, 3.63) is 106 Å². The summed E-state index contributed by atoms with van der Waals surface area (Å²) in [5.74, 6) is -0.542. The van der Waals surface area contributed by atoms with Crippen LogP contribution >= 0.6 is 11.6 Å². The first-order valence-electron chi connectivity index (χ1n) is 11.8. The summed E-state index contributed by atoms with van der Waals surface area (Å²) in [5, 5.41) is 6.45. The SMILES string of the molecule is O=C(NC(Cc1ccccc1)C(=O)NCc1cccc(CN2CCOCC2)c1)c1ccc(Cl)cc1. The summed E-state index contributed by atoms with van der Waals surface area (Å²) in [6.45, 7) is 4.63. The Morgan fingerprint density at radius 1 is 0.886 bits per heavy atom. The minimum atomic E-state index is -0.711. The van der Waals surface area contributed by atoms with Gasteiger partial charge in [-0.25, -0.2) is 0 Å². The molecule has 0 saturated carbocycles. The van der Waals surface area contributed by atoms with E-state index in [9.17, 15) is 9.59 Å². The Morgan fingerprint density at radius 3 is 2.31 bits per heavy atom. The number of rotatable bonds is 9. The second kappa shape index (κ2) is 12.5. The van der Waals surface area contributed by atoms with Crippen LogP contribution in [0.5, 0.6) is 0 Å². The zero-order valence-electron chi connectivity index (χ0n) is 19.6. The number of amides is 2. The van der Waals surface area contributed by atoms with Gasteiger partial charge in [0.1, 0.15) is 6.04 Å². The highest BCUT2D eigenvalue weighted by molar-refractivity contribution is 6.30. The average molecular weight is 492 g/mol. The summed E-state index contributed by atoms with van der Waals surface area (Å²) in [6.07, 6.45) is 0.392. The molecule has 1 fully saturated rings. The van der Waals surface area contributed by atoms with E-state index in [4.69, 9.17) is 16.3 Å². The molecular formula is C28H30ClN3O3. The van der Waals surface area contributed by atoms with Crippen molar-refractivity contribution in [2.75, 3.05) is 26.3 Å². The molecule has 1 aliphatic rings.